The topological polar surface area (TPSA) is 57.4 Å². The number of para-hydroxylation sites is 2. The number of benzene rings is 6. The molecule has 0 N–H and O–H groups in total. The Kier molecular flexibility index (Phi) is 6.22. The molecule has 0 amide bonds. The highest BCUT2D eigenvalue weighted by atomic mass is 19.4. The molecule has 0 aliphatic heterocycles. The fraction of sp³-hybridized carbons (Fsp3) is 0.0500. The van der Waals surface area contributed by atoms with E-state index in [-0.39, 0.29) is 0 Å². The van der Waals surface area contributed by atoms with Gasteiger partial charge >= 0.3 is 6.18 Å². The van der Waals surface area contributed by atoms with E-state index < -0.39 is 11.7 Å². The summed E-state index contributed by atoms with van der Waals surface area (Å²) in [4.78, 5) is 0. The maximum Gasteiger partial charge on any atom is 0.416 e. The van der Waals surface area contributed by atoms with Gasteiger partial charge in [0.25, 0.3) is 0 Å². The molecule has 0 aliphatic rings. The predicted octanol–water partition coefficient (Wildman–Crippen LogP) is 10.6. The first-order chi connectivity index (χ1) is 22.8. The Morgan fingerprint density at radius 3 is 1.49 bits per heavy atom. The number of nitriles is 2. The van der Waals surface area contributed by atoms with Gasteiger partial charge < -0.3 is 9.13 Å². The molecule has 4 nitrogen and oxygen atoms in total. The molecule has 0 bridgehead atoms. The van der Waals surface area contributed by atoms with Crippen LogP contribution >= 0.6 is 0 Å². The third-order valence-corrected chi connectivity index (χ3v) is 8.88. The Hall–Kier alpha value is -6.31. The smallest absolute Gasteiger partial charge is 0.308 e. The van der Waals surface area contributed by atoms with Crippen LogP contribution in [0, 0.1) is 29.6 Å². The Balaban J connectivity index is 1.37. The van der Waals surface area contributed by atoms with Crippen molar-refractivity contribution < 1.29 is 13.2 Å². The molecular weight excluding hydrogens is 593 g/mol. The van der Waals surface area contributed by atoms with E-state index in [2.05, 4.69) is 47.9 Å². The lowest BCUT2D eigenvalue weighted by Gasteiger charge is -2.15. The van der Waals surface area contributed by atoms with Crippen LogP contribution in [0.2, 0.25) is 0 Å². The fourth-order valence-corrected chi connectivity index (χ4v) is 6.74. The van der Waals surface area contributed by atoms with Gasteiger partial charge in [0.1, 0.15) is 12.1 Å². The molecule has 0 atom stereocenters. The van der Waals surface area contributed by atoms with Crippen molar-refractivity contribution in [3.8, 4) is 34.6 Å². The van der Waals surface area contributed by atoms with Gasteiger partial charge in [-0.25, -0.2) is 0 Å². The normalized spacial score (nSPS) is 11.8. The summed E-state index contributed by atoms with van der Waals surface area (Å²) in [7, 11) is 0. The van der Waals surface area contributed by atoms with Gasteiger partial charge in [-0.05, 0) is 84.8 Å². The summed E-state index contributed by atoms with van der Waals surface area (Å²) in [5.74, 6) is 0. The second-order valence-corrected chi connectivity index (χ2v) is 11.6. The van der Waals surface area contributed by atoms with E-state index >= 15 is 0 Å². The lowest BCUT2D eigenvalue weighted by Crippen LogP contribution is -2.04. The SMILES string of the molecule is Cc1ccc2c(c1)c1ccccc1n2-c1cc(-c2ccc(C#N)c(-n3c4ccccc4c4cc(C(F)(F)F)ccc43)c2)ccc1C#N. The molecular formula is C40H23F3N4. The maximum atomic E-state index is 13.7. The highest BCUT2D eigenvalue weighted by Crippen LogP contribution is 2.39. The van der Waals surface area contributed by atoms with Gasteiger partial charge in [-0.15, -0.1) is 0 Å². The molecule has 0 saturated carbocycles. The van der Waals surface area contributed by atoms with Gasteiger partial charge in [-0.2, -0.15) is 23.7 Å². The second-order valence-electron chi connectivity index (χ2n) is 11.6. The van der Waals surface area contributed by atoms with Gasteiger partial charge in [0.2, 0.25) is 0 Å². The number of rotatable bonds is 3. The quantitative estimate of drug-likeness (QED) is 0.198. The third-order valence-electron chi connectivity index (χ3n) is 8.88. The monoisotopic (exact) mass is 616 g/mol. The lowest BCUT2D eigenvalue weighted by atomic mass is 9.99. The number of aromatic nitrogens is 2. The molecule has 0 saturated heterocycles. The molecule has 6 aromatic carbocycles. The van der Waals surface area contributed by atoms with E-state index in [0.29, 0.717) is 38.6 Å². The zero-order valence-electron chi connectivity index (χ0n) is 25.0. The van der Waals surface area contributed by atoms with E-state index in [1.165, 1.54) is 12.1 Å². The van der Waals surface area contributed by atoms with Crippen LogP contribution in [0.1, 0.15) is 22.3 Å². The molecule has 0 radical (unpaired) electrons. The number of hydrogen-bond acceptors (Lipinski definition) is 2. The van der Waals surface area contributed by atoms with E-state index in [9.17, 15) is 23.7 Å². The number of alkyl halides is 3. The molecule has 47 heavy (non-hydrogen) atoms. The molecule has 0 unspecified atom stereocenters. The summed E-state index contributed by atoms with van der Waals surface area (Å²) >= 11 is 0. The van der Waals surface area contributed by atoms with Gasteiger partial charge in [-0.3, -0.25) is 0 Å². The van der Waals surface area contributed by atoms with E-state index in [1.807, 2.05) is 59.2 Å². The van der Waals surface area contributed by atoms with Crippen molar-refractivity contribution in [3.63, 3.8) is 0 Å². The number of nitrogens with zero attached hydrogens (tertiary/aromatic N) is 4. The van der Waals surface area contributed by atoms with E-state index in [4.69, 9.17) is 0 Å². The van der Waals surface area contributed by atoms with Gasteiger partial charge in [0.15, 0.2) is 0 Å². The minimum Gasteiger partial charge on any atom is -0.308 e. The Morgan fingerprint density at radius 1 is 0.511 bits per heavy atom. The summed E-state index contributed by atoms with van der Waals surface area (Å²) in [6, 6.07) is 41.2. The summed E-state index contributed by atoms with van der Waals surface area (Å²) in [6.45, 7) is 2.06. The molecule has 0 fully saturated rings. The van der Waals surface area contributed by atoms with Crippen LogP contribution in [0.4, 0.5) is 13.2 Å². The van der Waals surface area contributed by atoms with Crippen molar-refractivity contribution in [1.82, 2.24) is 9.13 Å². The first-order valence-electron chi connectivity index (χ1n) is 15.0. The van der Waals surface area contributed by atoms with E-state index in [0.717, 1.165) is 50.2 Å². The summed E-state index contributed by atoms with van der Waals surface area (Å²) in [6.07, 6.45) is -4.49. The van der Waals surface area contributed by atoms with Crippen molar-refractivity contribution in [2.24, 2.45) is 0 Å². The Labute approximate surface area is 267 Å². The van der Waals surface area contributed by atoms with Crippen LogP contribution in [-0.2, 0) is 6.18 Å². The van der Waals surface area contributed by atoms with Crippen LogP contribution < -0.4 is 0 Å². The minimum absolute atomic E-state index is 0.378. The van der Waals surface area contributed by atoms with Crippen LogP contribution in [0.5, 0.6) is 0 Å². The van der Waals surface area contributed by atoms with Gasteiger partial charge in [-0.1, -0.05) is 60.2 Å². The molecule has 2 aromatic heterocycles. The average molecular weight is 617 g/mol. The summed E-state index contributed by atoms with van der Waals surface area (Å²) < 4.78 is 45.1. The van der Waals surface area contributed by atoms with Crippen molar-refractivity contribution in [3.05, 3.63) is 144 Å². The van der Waals surface area contributed by atoms with Crippen LogP contribution in [-0.4, -0.2) is 9.13 Å². The van der Waals surface area contributed by atoms with Crippen molar-refractivity contribution in [2.45, 2.75) is 13.1 Å². The Bertz CT molecular complexity index is 2660. The highest BCUT2D eigenvalue weighted by Gasteiger charge is 2.31. The van der Waals surface area contributed by atoms with Crippen molar-refractivity contribution >= 4 is 43.6 Å². The molecule has 224 valence electrons. The average Bonchev–Trinajstić information content (AvgIpc) is 3.59. The largest absolute Gasteiger partial charge is 0.416 e. The molecule has 0 aliphatic carbocycles. The number of hydrogen-bond donors (Lipinski definition) is 0. The van der Waals surface area contributed by atoms with Gasteiger partial charge in [0, 0.05) is 21.5 Å². The first-order valence-corrected chi connectivity index (χ1v) is 15.0. The zero-order chi connectivity index (χ0) is 32.4. The minimum atomic E-state index is -4.49. The van der Waals surface area contributed by atoms with E-state index in [1.54, 1.807) is 24.3 Å². The van der Waals surface area contributed by atoms with Crippen molar-refractivity contribution in [1.29, 1.82) is 10.5 Å². The predicted molar refractivity (Wildman–Crippen MR) is 180 cm³/mol. The zero-order valence-corrected chi connectivity index (χ0v) is 25.0. The molecule has 0 spiro atoms. The first kappa shape index (κ1) is 28.2. The van der Waals surface area contributed by atoms with Crippen LogP contribution in [0.25, 0.3) is 66.1 Å². The number of fused-ring (bicyclic) bond motifs is 6. The van der Waals surface area contributed by atoms with Crippen LogP contribution in [0.3, 0.4) is 0 Å². The fourth-order valence-electron chi connectivity index (χ4n) is 6.74. The molecule has 7 heteroatoms. The highest BCUT2D eigenvalue weighted by molar-refractivity contribution is 6.11. The molecule has 2 heterocycles. The molecule has 8 aromatic rings. The Morgan fingerprint density at radius 2 is 0.979 bits per heavy atom. The maximum absolute atomic E-state index is 13.7. The summed E-state index contributed by atoms with van der Waals surface area (Å²) in [5.41, 5.74) is 7.40. The van der Waals surface area contributed by atoms with Crippen LogP contribution in [0.15, 0.2) is 121 Å². The number of aryl methyl sites for hydroxylation is 1. The third kappa shape index (κ3) is 4.36. The summed E-state index contributed by atoms with van der Waals surface area (Å²) in [5, 5.41) is 23.7. The standard InChI is InChI=1S/C40H23F3N4/c1-24-10-16-36-32(18-24)30-6-2-4-8-34(30)46(36)38-19-25(11-13-27(38)22-44)26-12-14-28(23-45)39(20-26)47-35-9-5-3-7-31(35)33-21-29(40(41,42)43)15-17-37(33)47/h2-21H,1H3. The second kappa shape index (κ2) is 10.4. The number of halogens is 3. The lowest BCUT2D eigenvalue weighted by molar-refractivity contribution is -0.137. The van der Waals surface area contributed by atoms with Gasteiger partial charge in [0.05, 0.1) is 50.1 Å². The molecule has 8 rings (SSSR count). The van der Waals surface area contributed by atoms with Crippen molar-refractivity contribution in [2.75, 3.05) is 0 Å².